The second-order valence-electron chi connectivity index (χ2n) is 7.19. The van der Waals surface area contributed by atoms with E-state index in [1.54, 1.807) is 0 Å². The number of rotatable bonds is 4. The van der Waals surface area contributed by atoms with E-state index in [1.165, 1.54) is 11.1 Å². The van der Waals surface area contributed by atoms with Crippen LogP contribution in [0.25, 0.3) is 11.3 Å². The van der Waals surface area contributed by atoms with Crippen molar-refractivity contribution in [3.8, 4) is 11.3 Å². The van der Waals surface area contributed by atoms with Crippen LogP contribution in [0.2, 0.25) is 5.02 Å². The number of carbonyl (C=O) groups is 1. The maximum absolute atomic E-state index is 12.6. The predicted molar refractivity (Wildman–Crippen MR) is 111 cm³/mol. The Morgan fingerprint density at radius 2 is 1.96 bits per heavy atom. The first-order valence-electron chi connectivity index (χ1n) is 9.68. The highest BCUT2D eigenvalue weighted by molar-refractivity contribution is 6.30. The van der Waals surface area contributed by atoms with Gasteiger partial charge in [-0.05, 0) is 56.4 Å². The van der Waals surface area contributed by atoms with Gasteiger partial charge in [-0.25, -0.2) is 4.79 Å². The first-order chi connectivity index (χ1) is 13.6. The SMILES string of the molecule is CCOC(=O)c1nn(Cc2ccc(C)cc2)c2c1CCCc1cc(Cl)ccc1-2. The molecule has 1 aromatic heterocycles. The minimum Gasteiger partial charge on any atom is -0.461 e. The van der Waals surface area contributed by atoms with Gasteiger partial charge in [0.05, 0.1) is 18.8 Å². The average Bonchev–Trinajstić information content (AvgIpc) is 2.91. The Labute approximate surface area is 170 Å². The Morgan fingerprint density at radius 3 is 2.71 bits per heavy atom. The van der Waals surface area contributed by atoms with Gasteiger partial charge >= 0.3 is 5.97 Å². The maximum atomic E-state index is 12.6. The van der Waals surface area contributed by atoms with Gasteiger partial charge in [0, 0.05) is 16.1 Å². The minimum absolute atomic E-state index is 0.338. The average molecular weight is 395 g/mol. The van der Waals surface area contributed by atoms with Crippen LogP contribution in [0.4, 0.5) is 0 Å². The first kappa shape index (κ1) is 18.8. The van der Waals surface area contributed by atoms with Crippen LogP contribution in [0.15, 0.2) is 42.5 Å². The molecule has 4 rings (SSSR count). The van der Waals surface area contributed by atoms with Gasteiger partial charge in [0.25, 0.3) is 0 Å². The third-order valence-corrected chi connectivity index (χ3v) is 5.40. The molecule has 0 saturated heterocycles. The number of ether oxygens (including phenoxy) is 1. The molecule has 5 heteroatoms. The van der Waals surface area contributed by atoms with E-state index in [4.69, 9.17) is 21.4 Å². The molecule has 0 bridgehead atoms. The van der Waals surface area contributed by atoms with Gasteiger partial charge in [-0.3, -0.25) is 4.68 Å². The molecule has 0 spiro atoms. The molecular weight excluding hydrogens is 372 g/mol. The second-order valence-corrected chi connectivity index (χ2v) is 7.63. The number of esters is 1. The predicted octanol–water partition coefficient (Wildman–Crippen LogP) is 5.23. The van der Waals surface area contributed by atoms with Crippen LogP contribution < -0.4 is 0 Å². The van der Waals surface area contributed by atoms with E-state index in [0.717, 1.165) is 46.7 Å². The maximum Gasteiger partial charge on any atom is 0.359 e. The number of hydrogen-bond donors (Lipinski definition) is 0. The number of aryl methyl sites for hydroxylation is 2. The van der Waals surface area contributed by atoms with Gasteiger partial charge in [0.2, 0.25) is 0 Å². The van der Waals surface area contributed by atoms with Gasteiger partial charge in [0.1, 0.15) is 0 Å². The van der Waals surface area contributed by atoms with Gasteiger partial charge < -0.3 is 4.74 Å². The molecule has 0 unspecified atom stereocenters. The number of fused-ring (bicyclic) bond motifs is 3. The lowest BCUT2D eigenvalue weighted by Gasteiger charge is -2.12. The number of benzene rings is 2. The van der Waals surface area contributed by atoms with E-state index >= 15 is 0 Å². The molecule has 1 aliphatic rings. The van der Waals surface area contributed by atoms with Crippen molar-refractivity contribution >= 4 is 17.6 Å². The number of nitrogens with zero attached hydrogens (tertiary/aromatic N) is 2. The summed E-state index contributed by atoms with van der Waals surface area (Å²) in [5.74, 6) is -0.348. The molecule has 0 fully saturated rings. The third-order valence-electron chi connectivity index (χ3n) is 5.17. The fraction of sp³-hybridized carbons (Fsp3) is 0.304. The van der Waals surface area contributed by atoms with E-state index in [-0.39, 0.29) is 5.97 Å². The van der Waals surface area contributed by atoms with Crippen molar-refractivity contribution in [1.29, 1.82) is 0 Å². The fourth-order valence-corrected chi connectivity index (χ4v) is 4.03. The van der Waals surface area contributed by atoms with Crippen LogP contribution in [0, 0.1) is 6.92 Å². The molecule has 0 N–H and O–H groups in total. The Kier molecular flexibility index (Phi) is 5.23. The molecule has 0 amide bonds. The Hall–Kier alpha value is -2.59. The van der Waals surface area contributed by atoms with Crippen molar-refractivity contribution in [3.05, 3.63) is 75.4 Å². The van der Waals surface area contributed by atoms with Gasteiger partial charge in [-0.15, -0.1) is 0 Å². The molecule has 28 heavy (non-hydrogen) atoms. The quantitative estimate of drug-likeness (QED) is 0.569. The zero-order valence-corrected chi connectivity index (χ0v) is 16.9. The lowest BCUT2D eigenvalue weighted by molar-refractivity contribution is 0.0517. The topological polar surface area (TPSA) is 44.1 Å². The molecule has 3 aromatic rings. The van der Waals surface area contributed by atoms with E-state index in [0.29, 0.717) is 18.8 Å². The van der Waals surface area contributed by atoms with Crippen molar-refractivity contribution in [2.45, 2.75) is 39.7 Å². The van der Waals surface area contributed by atoms with Crippen molar-refractivity contribution in [3.63, 3.8) is 0 Å². The molecule has 144 valence electrons. The van der Waals surface area contributed by atoms with Crippen LogP contribution in [-0.4, -0.2) is 22.4 Å². The molecule has 1 aliphatic carbocycles. The summed E-state index contributed by atoms with van der Waals surface area (Å²) in [4.78, 5) is 12.6. The molecule has 0 atom stereocenters. The molecule has 0 aliphatic heterocycles. The smallest absolute Gasteiger partial charge is 0.359 e. The van der Waals surface area contributed by atoms with Gasteiger partial charge in [-0.1, -0.05) is 47.5 Å². The van der Waals surface area contributed by atoms with E-state index in [1.807, 2.05) is 29.8 Å². The van der Waals surface area contributed by atoms with Crippen molar-refractivity contribution in [2.24, 2.45) is 0 Å². The van der Waals surface area contributed by atoms with Crippen LogP contribution >= 0.6 is 11.6 Å². The van der Waals surface area contributed by atoms with Crippen LogP contribution in [0.5, 0.6) is 0 Å². The molecule has 0 saturated carbocycles. The lowest BCUT2D eigenvalue weighted by Crippen LogP contribution is -2.09. The van der Waals surface area contributed by atoms with Crippen LogP contribution in [0.3, 0.4) is 0 Å². The standard InChI is InChI=1S/C23H23ClN2O2/c1-3-28-23(27)21-20-6-4-5-17-13-18(24)11-12-19(17)22(20)26(25-21)14-16-9-7-15(2)8-10-16/h7-13H,3-6,14H2,1-2H3. The van der Waals surface area contributed by atoms with E-state index < -0.39 is 0 Å². The Bertz CT molecular complexity index is 1020. The fourth-order valence-electron chi connectivity index (χ4n) is 3.84. The van der Waals surface area contributed by atoms with Crippen LogP contribution in [-0.2, 0) is 24.1 Å². The molecule has 1 heterocycles. The molecular formula is C23H23ClN2O2. The normalized spacial score (nSPS) is 12.8. The Morgan fingerprint density at radius 1 is 1.18 bits per heavy atom. The summed E-state index contributed by atoms with van der Waals surface area (Å²) < 4.78 is 7.23. The monoisotopic (exact) mass is 394 g/mol. The number of halogens is 1. The van der Waals surface area contributed by atoms with Crippen LogP contribution in [0.1, 0.15) is 46.1 Å². The van der Waals surface area contributed by atoms with Gasteiger partial charge in [-0.2, -0.15) is 5.10 Å². The highest BCUT2D eigenvalue weighted by atomic mass is 35.5. The van der Waals surface area contributed by atoms with E-state index in [9.17, 15) is 4.79 Å². The molecule has 2 aromatic carbocycles. The Balaban J connectivity index is 1.87. The zero-order valence-electron chi connectivity index (χ0n) is 16.2. The summed E-state index contributed by atoms with van der Waals surface area (Å²) >= 11 is 6.24. The summed E-state index contributed by atoms with van der Waals surface area (Å²) in [5, 5.41) is 5.43. The number of hydrogen-bond acceptors (Lipinski definition) is 3. The minimum atomic E-state index is -0.348. The molecule has 4 nitrogen and oxygen atoms in total. The largest absolute Gasteiger partial charge is 0.461 e. The van der Waals surface area contributed by atoms with Crippen molar-refractivity contribution < 1.29 is 9.53 Å². The molecule has 0 radical (unpaired) electrons. The lowest BCUT2D eigenvalue weighted by atomic mass is 10.0. The summed E-state index contributed by atoms with van der Waals surface area (Å²) in [6.45, 7) is 4.83. The second kappa shape index (κ2) is 7.80. The third kappa shape index (κ3) is 3.57. The number of aromatic nitrogens is 2. The zero-order chi connectivity index (χ0) is 19.7. The van der Waals surface area contributed by atoms with Gasteiger partial charge in [0.15, 0.2) is 5.69 Å². The summed E-state index contributed by atoms with van der Waals surface area (Å²) in [5.41, 5.74) is 7.09. The van der Waals surface area contributed by atoms with Crippen molar-refractivity contribution in [1.82, 2.24) is 9.78 Å². The van der Waals surface area contributed by atoms with E-state index in [2.05, 4.69) is 31.2 Å². The number of carbonyl (C=O) groups excluding carboxylic acids is 1. The highest BCUT2D eigenvalue weighted by Crippen LogP contribution is 2.36. The summed E-state index contributed by atoms with van der Waals surface area (Å²) in [6, 6.07) is 14.4. The highest BCUT2D eigenvalue weighted by Gasteiger charge is 2.27. The first-order valence-corrected chi connectivity index (χ1v) is 10.1. The summed E-state index contributed by atoms with van der Waals surface area (Å²) in [7, 11) is 0. The summed E-state index contributed by atoms with van der Waals surface area (Å²) in [6.07, 6.45) is 2.67. The van der Waals surface area contributed by atoms with Crippen molar-refractivity contribution in [2.75, 3.05) is 6.61 Å².